The molecule has 0 aromatic heterocycles. The summed E-state index contributed by atoms with van der Waals surface area (Å²) in [7, 11) is 0. The van der Waals surface area contributed by atoms with Gasteiger partial charge in [0.1, 0.15) is 5.82 Å². The Bertz CT molecular complexity index is 1100. The molecule has 1 fully saturated rings. The minimum absolute atomic E-state index is 0.293. The van der Waals surface area contributed by atoms with E-state index in [1.54, 1.807) is 12.1 Å². The van der Waals surface area contributed by atoms with Crippen LogP contribution >= 0.6 is 0 Å². The first-order valence-corrected chi connectivity index (χ1v) is 12.5. The average molecular weight is 489 g/mol. The Morgan fingerprint density at radius 3 is 2.29 bits per heavy atom. The van der Waals surface area contributed by atoms with E-state index in [-0.39, 0.29) is 5.82 Å². The maximum atomic E-state index is 15.2. The number of benzene rings is 3. The van der Waals surface area contributed by atoms with Gasteiger partial charge in [0.2, 0.25) is 0 Å². The molecule has 0 saturated carbocycles. The van der Waals surface area contributed by atoms with Crippen molar-refractivity contribution in [3.05, 3.63) is 82.7 Å². The number of unbranched alkanes of at least 4 members (excludes halogenated alkanes) is 3. The summed E-state index contributed by atoms with van der Waals surface area (Å²) in [5.74, 6) is 0.131. The number of ether oxygens (including phenoxy) is 2. The van der Waals surface area contributed by atoms with Crippen molar-refractivity contribution in [2.45, 2.75) is 64.3 Å². The van der Waals surface area contributed by atoms with Gasteiger partial charge in [0, 0.05) is 16.9 Å². The molecule has 2 nitrogen and oxygen atoms in total. The fourth-order valence-corrected chi connectivity index (χ4v) is 4.60. The molecular weight excluding hydrogens is 456 g/mol. The van der Waals surface area contributed by atoms with Crippen molar-refractivity contribution in [1.82, 2.24) is 0 Å². The van der Waals surface area contributed by atoms with E-state index < -0.39 is 18.0 Å². The average Bonchev–Trinajstić information content (AvgIpc) is 2.86. The fraction of sp³-hybridized carbons (Fsp3) is 0.448. The maximum absolute atomic E-state index is 15.2. The topological polar surface area (TPSA) is 18.5 Å². The van der Waals surface area contributed by atoms with E-state index in [1.807, 2.05) is 18.2 Å². The first-order valence-electron chi connectivity index (χ1n) is 12.5. The van der Waals surface area contributed by atoms with Crippen molar-refractivity contribution < 1.29 is 27.0 Å². The quantitative estimate of drug-likeness (QED) is 0.222. The van der Waals surface area contributed by atoms with Gasteiger partial charge >= 0.3 is 6.18 Å². The standard InChI is InChI=1S/C29H32F4O2/c1-2-3-4-5-6-21-18-34-28(35-19-21)24-13-16-26-23(17-24)12-11-22(27(26)30)10-7-20-8-14-25(15-9-20)29(31,32)33/h8-9,11-17,21,28H,2-7,10,18-19H2,1H3. The number of alkyl halides is 3. The molecule has 35 heavy (non-hydrogen) atoms. The summed E-state index contributed by atoms with van der Waals surface area (Å²) in [6.45, 7) is 3.55. The van der Waals surface area contributed by atoms with Crippen LogP contribution in [-0.2, 0) is 28.5 Å². The Kier molecular flexibility index (Phi) is 8.45. The second kappa shape index (κ2) is 11.5. The monoisotopic (exact) mass is 488 g/mol. The van der Waals surface area contributed by atoms with Crippen molar-refractivity contribution in [2.24, 2.45) is 5.92 Å². The number of aryl methyl sites for hydroxylation is 2. The SMILES string of the molecule is CCCCCCC1COC(c2ccc3c(F)c(CCc4ccc(C(F)(F)F)cc4)ccc3c2)OC1. The maximum Gasteiger partial charge on any atom is 0.416 e. The summed E-state index contributed by atoms with van der Waals surface area (Å²) < 4.78 is 65.3. The fourth-order valence-electron chi connectivity index (χ4n) is 4.60. The highest BCUT2D eigenvalue weighted by atomic mass is 19.4. The minimum Gasteiger partial charge on any atom is -0.348 e. The van der Waals surface area contributed by atoms with Gasteiger partial charge in [0.05, 0.1) is 18.8 Å². The highest BCUT2D eigenvalue weighted by molar-refractivity contribution is 5.84. The second-order valence-electron chi connectivity index (χ2n) is 9.43. The number of hydrogen-bond acceptors (Lipinski definition) is 2. The molecule has 0 radical (unpaired) electrons. The molecule has 6 heteroatoms. The molecule has 1 heterocycles. The Morgan fingerprint density at radius 1 is 0.857 bits per heavy atom. The van der Waals surface area contributed by atoms with Crippen LogP contribution in [0.4, 0.5) is 17.6 Å². The van der Waals surface area contributed by atoms with Crippen LogP contribution < -0.4 is 0 Å². The molecule has 0 spiro atoms. The third-order valence-corrected chi connectivity index (χ3v) is 6.73. The molecule has 0 bridgehead atoms. The third kappa shape index (κ3) is 6.62. The summed E-state index contributed by atoms with van der Waals surface area (Å²) in [5, 5.41) is 1.29. The van der Waals surface area contributed by atoms with E-state index in [1.165, 1.54) is 37.8 Å². The molecule has 0 aliphatic carbocycles. The minimum atomic E-state index is -4.36. The van der Waals surface area contributed by atoms with E-state index in [0.29, 0.717) is 42.9 Å². The van der Waals surface area contributed by atoms with E-state index in [4.69, 9.17) is 9.47 Å². The number of rotatable bonds is 9. The number of halogens is 4. The van der Waals surface area contributed by atoms with Gasteiger partial charge in [-0.1, -0.05) is 69.0 Å². The molecule has 0 N–H and O–H groups in total. The Hall–Kier alpha value is -2.44. The van der Waals surface area contributed by atoms with Gasteiger partial charge in [-0.15, -0.1) is 0 Å². The molecule has 1 saturated heterocycles. The smallest absolute Gasteiger partial charge is 0.348 e. The molecular formula is C29H32F4O2. The molecule has 4 rings (SSSR count). The van der Waals surface area contributed by atoms with Crippen molar-refractivity contribution in [3.8, 4) is 0 Å². The lowest BCUT2D eigenvalue weighted by atomic mass is 9.98. The lowest BCUT2D eigenvalue weighted by Gasteiger charge is -2.30. The van der Waals surface area contributed by atoms with Crippen LogP contribution in [0.1, 0.15) is 67.6 Å². The van der Waals surface area contributed by atoms with Gasteiger partial charge in [0.15, 0.2) is 6.29 Å². The largest absolute Gasteiger partial charge is 0.416 e. The van der Waals surface area contributed by atoms with Gasteiger partial charge in [-0.2, -0.15) is 13.2 Å². The summed E-state index contributed by atoms with van der Waals surface area (Å²) in [6, 6.07) is 14.2. The van der Waals surface area contributed by atoms with Crippen molar-refractivity contribution >= 4 is 10.8 Å². The second-order valence-corrected chi connectivity index (χ2v) is 9.43. The van der Waals surface area contributed by atoms with Crippen LogP contribution in [0.25, 0.3) is 10.8 Å². The molecule has 188 valence electrons. The van der Waals surface area contributed by atoms with Crippen molar-refractivity contribution in [1.29, 1.82) is 0 Å². The number of hydrogen-bond donors (Lipinski definition) is 0. The van der Waals surface area contributed by atoms with Crippen molar-refractivity contribution in [3.63, 3.8) is 0 Å². The van der Waals surface area contributed by atoms with Gasteiger partial charge in [-0.25, -0.2) is 4.39 Å². The first-order chi connectivity index (χ1) is 16.8. The van der Waals surface area contributed by atoms with Gasteiger partial charge in [0.25, 0.3) is 0 Å². The third-order valence-electron chi connectivity index (χ3n) is 6.73. The predicted molar refractivity (Wildman–Crippen MR) is 130 cm³/mol. The molecule has 0 unspecified atom stereocenters. The van der Waals surface area contributed by atoms with Crippen LogP contribution in [0.3, 0.4) is 0 Å². The first kappa shape index (κ1) is 25.6. The zero-order valence-corrected chi connectivity index (χ0v) is 20.0. The van der Waals surface area contributed by atoms with Gasteiger partial charge < -0.3 is 9.47 Å². The highest BCUT2D eigenvalue weighted by Crippen LogP contribution is 2.32. The van der Waals surface area contributed by atoms with Gasteiger partial charge in [-0.3, -0.25) is 0 Å². The Morgan fingerprint density at radius 2 is 1.60 bits per heavy atom. The van der Waals surface area contributed by atoms with E-state index in [2.05, 4.69) is 6.92 Å². The summed E-state index contributed by atoms with van der Waals surface area (Å²) in [6.07, 6.45) is 2.13. The summed E-state index contributed by atoms with van der Waals surface area (Å²) >= 11 is 0. The summed E-state index contributed by atoms with van der Waals surface area (Å²) in [5.41, 5.74) is 1.48. The van der Waals surface area contributed by atoms with Crippen LogP contribution in [0, 0.1) is 11.7 Å². The normalized spacial score (nSPS) is 18.8. The molecule has 0 amide bonds. The van der Waals surface area contributed by atoms with Gasteiger partial charge in [-0.05, 0) is 54.0 Å². The van der Waals surface area contributed by atoms with Crippen LogP contribution in [0.15, 0.2) is 54.6 Å². The van der Waals surface area contributed by atoms with Crippen LogP contribution in [0.5, 0.6) is 0 Å². The zero-order chi connectivity index (χ0) is 24.8. The van der Waals surface area contributed by atoms with Crippen molar-refractivity contribution in [2.75, 3.05) is 13.2 Å². The molecule has 3 aromatic carbocycles. The lowest BCUT2D eigenvalue weighted by molar-refractivity contribution is -0.206. The molecule has 1 aliphatic rings. The molecule has 0 atom stereocenters. The van der Waals surface area contributed by atoms with E-state index in [9.17, 15) is 13.2 Å². The molecule has 3 aromatic rings. The Labute approximate surface area is 204 Å². The highest BCUT2D eigenvalue weighted by Gasteiger charge is 2.30. The van der Waals surface area contributed by atoms with E-state index >= 15 is 4.39 Å². The zero-order valence-electron chi connectivity index (χ0n) is 20.0. The lowest BCUT2D eigenvalue weighted by Crippen LogP contribution is -2.27. The Balaban J connectivity index is 1.36. The summed E-state index contributed by atoms with van der Waals surface area (Å²) in [4.78, 5) is 0. The predicted octanol–water partition coefficient (Wildman–Crippen LogP) is 8.41. The number of fused-ring (bicyclic) bond motifs is 1. The van der Waals surface area contributed by atoms with E-state index in [0.717, 1.165) is 35.1 Å². The molecule has 1 aliphatic heterocycles. The van der Waals surface area contributed by atoms with Crippen LogP contribution in [-0.4, -0.2) is 13.2 Å². The van der Waals surface area contributed by atoms with Crippen LogP contribution in [0.2, 0.25) is 0 Å².